The quantitative estimate of drug-likeness (QED) is 0.621. The second-order valence-electron chi connectivity index (χ2n) is 7.30. The molecular formula is C21H27NO3. The van der Waals surface area contributed by atoms with Crippen molar-refractivity contribution in [3.05, 3.63) is 41.0 Å². The molecule has 0 aromatic heterocycles. The summed E-state index contributed by atoms with van der Waals surface area (Å²) in [7, 11) is 1.36. The van der Waals surface area contributed by atoms with Gasteiger partial charge in [0.05, 0.1) is 13.5 Å². The van der Waals surface area contributed by atoms with E-state index in [-0.39, 0.29) is 12.3 Å². The van der Waals surface area contributed by atoms with Gasteiger partial charge in [-0.3, -0.25) is 4.79 Å². The van der Waals surface area contributed by atoms with Crippen molar-refractivity contribution >= 4 is 18.0 Å². The van der Waals surface area contributed by atoms with Crippen molar-refractivity contribution in [2.75, 3.05) is 20.2 Å². The fourth-order valence-electron chi connectivity index (χ4n) is 4.13. The second-order valence-corrected chi connectivity index (χ2v) is 7.30. The number of likely N-dealkylation sites (tertiary alicyclic amines) is 1. The fourth-order valence-corrected chi connectivity index (χ4v) is 4.13. The van der Waals surface area contributed by atoms with E-state index in [4.69, 9.17) is 4.74 Å². The van der Waals surface area contributed by atoms with Gasteiger partial charge in [0.25, 0.3) is 0 Å². The lowest BCUT2D eigenvalue weighted by Gasteiger charge is -2.22. The van der Waals surface area contributed by atoms with E-state index in [2.05, 4.69) is 0 Å². The number of carbonyl (C=O) groups is 2. The van der Waals surface area contributed by atoms with Crippen molar-refractivity contribution in [1.29, 1.82) is 0 Å². The Morgan fingerprint density at radius 1 is 1.16 bits per heavy atom. The minimum atomic E-state index is -0.423. The molecule has 0 spiro atoms. The highest BCUT2D eigenvalue weighted by molar-refractivity contribution is 5.99. The number of methoxy groups -OCH3 is 1. The van der Waals surface area contributed by atoms with Gasteiger partial charge in [0, 0.05) is 18.7 Å². The van der Waals surface area contributed by atoms with Gasteiger partial charge in [-0.15, -0.1) is 0 Å². The Bertz CT molecular complexity index is 665. The third kappa shape index (κ3) is 4.12. The van der Waals surface area contributed by atoms with Gasteiger partial charge in [0.1, 0.15) is 0 Å². The number of nitrogens with zero attached hydrogens (tertiary/aromatic N) is 1. The molecule has 1 saturated carbocycles. The molecule has 1 aliphatic heterocycles. The van der Waals surface area contributed by atoms with Gasteiger partial charge in [-0.2, -0.15) is 0 Å². The van der Waals surface area contributed by atoms with E-state index in [1.807, 2.05) is 36.1 Å². The number of ether oxygens (including phenoxy) is 1. The molecule has 1 aliphatic carbocycles. The lowest BCUT2D eigenvalue weighted by atomic mass is 9.82. The van der Waals surface area contributed by atoms with Crippen LogP contribution in [-0.4, -0.2) is 37.0 Å². The van der Waals surface area contributed by atoms with Gasteiger partial charge in [-0.1, -0.05) is 37.1 Å². The van der Waals surface area contributed by atoms with Gasteiger partial charge < -0.3 is 9.64 Å². The van der Waals surface area contributed by atoms with Crippen LogP contribution in [0.3, 0.4) is 0 Å². The highest BCUT2D eigenvalue weighted by Crippen LogP contribution is 2.36. The number of fused-ring (bicyclic) bond motifs is 1. The van der Waals surface area contributed by atoms with Crippen LogP contribution < -0.4 is 0 Å². The predicted molar refractivity (Wildman–Crippen MR) is 97.8 cm³/mol. The summed E-state index contributed by atoms with van der Waals surface area (Å²) >= 11 is 0. The summed E-state index contributed by atoms with van der Waals surface area (Å²) in [5, 5.41) is 0. The molecule has 2 atom stereocenters. The number of hydrogen-bond acceptors (Lipinski definition) is 3. The molecule has 1 saturated heterocycles. The zero-order valence-corrected chi connectivity index (χ0v) is 15.2. The van der Waals surface area contributed by atoms with Crippen LogP contribution in [0.15, 0.2) is 29.8 Å². The zero-order valence-electron chi connectivity index (χ0n) is 15.2. The molecule has 2 fully saturated rings. The Morgan fingerprint density at radius 2 is 1.80 bits per heavy atom. The third-order valence-corrected chi connectivity index (χ3v) is 5.64. The molecule has 1 aromatic carbocycles. The summed E-state index contributed by atoms with van der Waals surface area (Å²) in [6.45, 7) is 3.69. The predicted octanol–water partition coefficient (Wildman–Crippen LogP) is 3.59. The first kappa shape index (κ1) is 17.7. The molecule has 0 bridgehead atoms. The first-order chi connectivity index (χ1) is 12.1. The largest absolute Gasteiger partial charge is 0.466 e. The number of amides is 1. The molecule has 0 radical (unpaired) electrons. The number of benzene rings is 1. The standard InChI is InChI=1S/C21H27NO3/c1-15-7-3-4-8-16(15)11-19(21(24)25-2)12-20(23)22-13-17-9-5-6-10-18(17)14-22/h3-4,7-8,11,17-18H,5-6,9-10,12-14H2,1-2H3/b19-11+/t17-,18+. The molecule has 1 heterocycles. The van der Waals surface area contributed by atoms with Gasteiger partial charge in [-0.05, 0) is 48.8 Å². The average molecular weight is 341 g/mol. The van der Waals surface area contributed by atoms with Crippen molar-refractivity contribution in [3.63, 3.8) is 0 Å². The third-order valence-electron chi connectivity index (χ3n) is 5.64. The average Bonchev–Trinajstić information content (AvgIpc) is 3.06. The lowest BCUT2D eigenvalue weighted by molar-refractivity contribution is -0.138. The van der Waals surface area contributed by atoms with Crippen LogP contribution >= 0.6 is 0 Å². The smallest absolute Gasteiger partial charge is 0.334 e. The van der Waals surface area contributed by atoms with Gasteiger partial charge in [0.2, 0.25) is 5.91 Å². The molecular weight excluding hydrogens is 314 g/mol. The Kier molecular flexibility index (Phi) is 5.57. The summed E-state index contributed by atoms with van der Waals surface area (Å²) in [4.78, 5) is 26.9. The fraction of sp³-hybridized carbons (Fsp3) is 0.524. The first-order valence-corrected chi connectivity index (χ1v) is 9.20. The number of carbonyl (C=O) groups excluding carboxylic acids is 2. The molecule has 2 aliphatic rings. The zero-order chi connectivity index (χ0) is 17.8. The Morgan fingerprint density at radius 3 is 2.40 bits per heavy atom. The Hall–Kier alpha value is -2.10. The summed E-state index contributed by atoms with van der Waals surface area (Å²) in [6, 6.07) is 7.84. The van der Waals surface area contributed by atoms with Crippen molar-refractivity contribution in [2.45, 2.75) is 39.0 Å². The van der Waals surface area contributed by atoms with Crippen LogP contribution in [0.4, 0.5) is 0 Å². The van der Waals surface area contributed by atoms with E-state index in [1.54, 1.807) is 6.08 Å². The van der Waals surface area contributed by atoms with E-state index in [9.17, 15) is 9.59 Å². The van der Waals surface area contributed by atoms with Crippen LogP contribution in [0.1, 0.15) is 43.2 Å². The lowest BCUT2D eigenvalue weighted by Crippen LogP contribution is -2.30. The number of aryl methyl sites for hydroxylation is 1. The van der Waals surface area contributed by atoms with E-state index in [0.717, 1.165) is 24.2 Å². The number of hydrogen-bond donors (Lipinski definition) is 0. The van der Waals surface area contributed by atoms with E-state index in [1.165, 1.54) is 32.8 Å². The summed E-state index contributed by atoms with van der Waals surface area (Å²) < 4.78 is 4.90. The van der Waals surface area contributed by atoms with Crippen LogP contribution in [0.5, 0.6) is 0 Å². The second kappa shape index (κ2) is 7.85. The van der Waals surface area contributed by atoms with Gasteiger partial charge in [0.15, 0.2) is 0 Å². The van der Waals surface area contributed by atoms with Crippen molar-refractivity contribution in [1.82, 2.24) is 4.90 Å². The first-order valence-electron chi connectivity index (χ1n) is 9.20. The minimum Gasteiger partial charge on any atom is -0.466 e. The van der Waals surface area contributed by atoms with E-state index >= 15 is 0 Å². The Balaban J connectivity index is 1.73. The SMILES string of the molecule is COC(=O)/C(=C/c1ccccc1C)CC(=O)N1C[C@H]2CCCC[C@H]2C1. The molecule has 1 aromatic rings. The highest BCUT2D eigenvalue weighted by atomic mass is 16.5. The van der Waals surface area contributed by atoms with Crippen molar-refractivity contribution < 1.29 is 14.3 Å². The minimum absolute atomic E-state index is 0.0413. The summed E-state index contributed by atoms with van der Waals surface area (Å²) in [5.41, 5.74) is 2.45. The summed E-state index contributed by atoms with van der Waals surface area (Å²) in [6.07, 6.45) is 6.94. The molecule has 0 N–H and O–H groups in total. The maximum absolute atomic E-state index is 12.8. The molecule has 134 valence electrons. The topological polar surface area (TPSA) is 46.6 Å². The molecule has 25 heavy (non-hydrogen) atoms. The van der Waals surface area contributed by atoms with Gasteiger partial charge in [-0.25, -0.2) is 4.79 Å². The van der Waals surface area contributed by atoms with Crippen molar-refractivity contribution in [3.8, 4) is 0 Å². The van der Waals surface area contributed by atoms with Crippen LogP contribution in [0.2, 0.25) is 0 Å². The van der Waals surface area contributed by atoms with Crippen LogP contribution in [0.25, 0.3) is 6.08 Å². The van der Waals surface area contributed by atoms with E-state index < -0.39 is 5.97 Å². The number of esters is 1. The molecule has 1 amide bonds. The van der Waals surface area contributed by atoms with Crippen LogP contribution in [0, 0.1) is 18.8 Å². The monoisotopic (exact) mass is 341 g/mol. The highest BCUT2D eigenvalue weighted by Gasteiger charge is 2.36. The summed E-state index contributed by atoms with van der Waals surface area (Å²) in [5.74, 6) is 0.923. The van der Waals surface area contributed by atoms with Crippen LogP contribution in [-0.2, 0) is 14.3 Å². The van der Waals surface area contributed by atoms with E-state index in [0.29, 0.717) is 17.4 Å². The molecule has 4 heteroatoms. The maximum atomic E-state index is 12.8. The molecule has 4 nitrogen and oxygen atoms in total. The Labute approximate surface area is 149 Å². The van der Waals surface area contributed by atoms with Gasteiger partial charge >= 0.3 is 5.97 Å². The molecule has 3 rings (SSSR count). The maximum Gasteiger partial charge on any atom is 0.334 e. The number of rotatable bonds is 4. The molecule has 0 unspecified atom stereocenters. The van der Waals surface area contributed by atoms with Crippen molar-refractivity contribution in [2.24, 2.45) is 11.8 Å². The normalized spacial score (nSPS) is 23.3.